The smallest absolute Gasteiger partial charge is 0.323 e. The lowest BCUT2D eigenvalue weighted by molar-refractivity contribution is -0.137. The van der Waals surface area contributed by atoms with E-state index in [-0.39, 0.29) is 12.5 Å². The standard InChI is InChI=1S/C14H15N3O3/c18-12(19)8-17(7-9-5-6-9)14(20)13-10-3-1-2-4-11(10)15-16-13/h1-4,9H,5-8H2,(H,15,16)(H,18,19). The molecule has 6 heteroatoms. The van der Waals surface area contributed by atoms with Gasteiger partial charge in [-0.3, -0.25) is 14.7 Å². The zero-order valence-corrected chi connectivity index (χ0v) is 10.9. The molecule has 0 atom stereocenters. The zero-order chi connectivity index (χ0) is 14.1. The lowest BCUT2D eigenvalue weighted by Gasteiger charge is -2.19. The average Bonchev–Trinajstić information content (AvgIpc) is 3.14. The van der Waals surface area contributed by atoms with E-state index in [9.17, 15) is 9.59 Å². The third-order valence-corrected chi connectivity index (χ3v) is 3.46. The van der Waals surface area contributed by atoms with E-state index in [1.54, 1.807) is 0 Å². The Morgan fingerprint density at radius 3 is 2.80 bits per heavy atom. The van der Waals surface area contributed by atoms with Crippen molar-refractivity contribution < 1.29 is 14.7 Å². The highest BCUT2D eigenvalue weighted by Gasteiger charge is 2.30. The molecule has 0 radical (unpaired) electrons. The first-order valence-corrected chi connectivity index (χ1v) is 6.59. The highest BCUT2D eigenvalue weighted by atomic mass is 16.4. The van der Waals surface area contributed by atoms with Crippen LogP contribution >= 0.6 is 0 Å². The van der Waals surface area contributed by atoms with Gasteiger partial charge in [0.25, 0.3) is 5.91 Å². The van der Waals surface area contributed by atoms with Gasteiger partial charge >= 0.3 is 5.97 Å². The molecule has 1 aromatic heterocycles. The number of amides is 1. The number of carboxylic acids is 1. The Kier molecular flexibility index (Phi) is 3.14. The maximum atomic E-state index is 12.5. The SMILES string of the molecule is O=C(O)CN(CC1CC1)C(=O)c1n[nH]c2ccccc12. The quantitative estimate of drug-likeness (QED) is 0.864. The fraction of sp³-hybridized carbons (Fsp3) is 0.357. The van der Waals surface area contributed by atoms with Gasteiger partial charge in [0.1, 0.15) is 6.54 Å². The van der Waals surface area contributed by atoms with Gasteiger partial charge in [0, 0.05) is 11.9 Å². The van der Waals surface area contributed by atoms with Crippen LogP contribution in [0.25, 0.3) is 10.9 Å². The molecule has 1 aromatic carbocycles. The first-order chi connectivity index (χ1) is 9.65. The minimum atomic E-state index is -1.00. The molecule has 2 aromatic rings. The Morgan fingerprint density at radius 2 is 2.10 bits per heavy atom. The monoisotopic (exact) mass is 273 g/mol. The number of carbonyl (C=O) groups is 2. The molecular formula is C14H15N3O3. The molecule has 20 heavy (non-hydrogen) atoms. The number of nitrogens with one attached hydrogen (secondary N) is 1. The number of H-pyrrole nitrogens is 1. The zero-order valence-electron chi connectivity index (χ0n) is 10.9. The van der Waals surface area contributed by atoms with E-state index in [4.69, 9.17) is 5.11 Å². The van der Waals surface area contributed by atoms with E-state index >= 15 is 0 Å². The van der Waals surface area contributed by atoms with Crippen molar-refractivity contribution >= 4 is 22.8 Å². The summed E-state index contributed by atoms with van der Waals surface area (Å²) >= 11 is 0. The molecule has 0 bridgehead atoms. The van der Waals surface area contributed by atoms with Crippen LogP contribution in [0.15, 0.2) is 24.3 Å². The summed E-state index contributed by atoms with van der Waals surface area (Å²) < 4.78 is 0. The number of nitrogens with zero attached hydrogens (tertiary/aromatic N) is 2. The van der Waals surface area contributed by atoms with Crippen molar-refractivity contribution in [1.82, 2.24) is 15.1 Å². The molecule has 1 saturated carbocycles. The van der Waals surface area contributed by atoms with E-state index in [1.165, 1.54) is 4.90 Å². The van der Waals surface area contributed by atoms with Crippen molar-refractivity contribution in [2.75, 3.05) is 13.1 Å². The van der Waals surface area contributed by atoms with Crippen LogP contribution in [0.4, 0.5) is 0 Å². The first kappa shape index (κ1) is 12.7. The minimum absolute atomic E-state index is 0.281. The van der Waals surface area contributed by atoms with Crippen LogP contribution in [0.2, 0.25) is 0 Å². The van der Waals surface area contributed by atoms with E-state index in [2.05, 4.69) is 10.2 Å². The number of benzene rings is 1. The Balaban J connectivity index is 1.89. The van der Waals surface area contributed by atoms with Gasteiger partial charge in [-0.25, -0.2) is 0 Å². The third kappa shape index (κ3) is 2.49. The summed E-state index contributed by atoms with van der Waals surface area (Å²) in [5, 5.41) is 16.5. The molecule has 1 aliphatic rings. The molecule has 1 amide bonds. The largest absolute Gasteiger partial charge is 0.480 e. The number of rotatable bonds is 5. The summed E-state index contributed by atoms with van der Waals surface area (Å²) in [6.45, 7) is 0.211. The Hall–Kier alpha value is -2.37. The number of aromatic amines is 1. The molecule has 3 rings (SSSR count). The van der Waals surface area contributed by atoms with Crippen LogP contribution in [-0.4, -0.2) is 45.2 Å². The number of hydrogen-bond donors (Lipinski definition) is 2. The number of para-hydroxylation sites is 1. The summed E-state index contributed by atoms with van der Waals surface area (Å²) in [6.07, 6.45) is 2.12. The molecule has 1 aliphatic carbocycles. The van der Waals surface area contributed by atoms with Crippen LogP contribution in [0.3, 0.4) is 0 Å². The van der Waals surface area contributed by atoms with Crippen molar-refractivity contribution in [2.45, 2.75) is 12.8 Å². The summed E-state index contributed by atoms with van der Waals surface area (Å²) in [7, 11) is 0. The molecule has 0 aliphatic heterocycles. The summed E-state index contributed by atoms with van der Waals surface area (Å²) in [4.78, 5) is 24.8. The fourth-order valence-electron chi connectivity index (χ4n) is 2.27. The van der Waals surface area contributed by atoms with Crippen molar-refractivity contribution in [3.63, 3.8) is 0 Å². The molecule has 0 saturated heterocycles. The summed E-state index contributed by atoms with van der Waals surface area (Å²) in [6, 6.07) is 7.33. The van der Waals surface area contributed by atoms with Gasteiger partial charge < -0.3 is 10.0 Å². The lowest BCUT2D eigenvalue weighted by Crippen LogP contribution is -2.37. The number of fused-ring (bicyclic) bond motifs is 1. The van der Waals surface area contributed by atoms with E-state index in [0.717, 1.165) is 23.7 Å². The second kappa shape index (κ2) is 4.96. The van der Waals surface area contributed by atoms with Gasteiger partial charge in [0.05, 0.1) is 5.52 Å². The normalized spacial score (nSPS) is 14.4. The van der Waals surface area contributed by atoms with Crippen LogP contribution in [0.5, 0.6) is 0 Å². The summed E-state index contributed by atoms with van der Waals surface area (Å²) in [5.41, 5.74) is 1.07. The highest BCUT2D eigenvalue weighted by molar-refractivity contribution is 6.05. The van der Waals surface area contributed by atoms with Crippen LogP contribution in [0, 0.1) is 5.92 Å². The van der Waals surface area contributed by atoms with Gasteiger partial charge in [-0.05, 0) is 24.8 Å². The Labute approximate surface area is 115 Å². The van der Waals surface area contributed by atoms with Crippen molar-refractivity contribution in [2.24, 2.45) is 5.92 Å². The average molecular weight is 273 g/mol. The van der Waals surface area contributed by atoms with Crippen LogP contribution in [-0.2, 0) is 4.79 Å². The third-order valence-electron chi connectivity index (χ3n) is 3.46. The molecule has 104 valence electrons. The van der Waals surface area contributed by atoms with E-state index in [0.29, 0.717) is 18.2 Å². The van der Waals surface area contributed by atoms with Gasteiger partial charge in [0.2, 0.25) is 0 Å². The highest BCUT2D eigenvalue weighted by Crippen LogP contribution is 2.30. The predicted molar refractivity (Wildman–Crippen MR) is 72.4 cm³/mol. The van der Waals surface area contributed by atoms with E-state index < -0.39 is 5.97 Å². The second-order valence-electron chi connectivity index (χ2n) is 5.14. The number of aliphatic carboxylic acids is 1. The number of hydrogen-bond acceptors (Lipinski definition) is 3. The van der Waals surface area contributed by atoms with Crippen molar-refractivity contribution in [3.05, 3.63) is 30.0 Å². The number of aromatic nitrogens is 2. The van der Waals surface area contributed by atoms with Gasteiger partial charge in [-0.2, -0.15) is 5.10 Å². The lowest BCUT2D eigenvalue weighted by atomic mass is 10.2. The summed E-state index contributed by atoms with van der Waals surface area (Å²) in [5.74, 6) is -0.890. The number of carbonyl (C=O) groups excluding carboxylic acids is 1. The topological polar surface area (TPSA) is 86.3 Å². The molecule has 2 N–H and O–H groups in total. The van der Waals surface area contributed by atoms with Gasteiger partial charge in [0.15, 0.2) is 5.69 Å². The molecule has 0 spiro atoms. The Bertz CT molecular complexity index is 660. The number of carboxylic acid groups (broad SMARTS) is 1. The first-order valence-electron chi connectivity index (χ1n) is 6.59. The molecule has 6 nitrogen and oxygen atoms in total. The van der Waals surface area contributed by atoms with Gasteiger partial charge in [-0.1, -0.05) is 18.2 Å². The van der Waals surface area contributed by atoms with Gasteiger partial charge in [-0.15, -0.1) is 0 Å². The maximum absolute atomic E-state index is 12.5. The van der Waals surface area contributed by atoms with Crippen LogP contribution < -0.4 is 0 Å². The maximum Gasteiger partial charge on any atom is 0.323 e. The molecule has 1 heterocycles. The minimum Gasteiger partial charge on any atom is -0.480 e. The van der Waals surface area contributed by atoms with Crippen molar-refractivity contribution in [3.8, 4) is 0 Å². The Morgan fingerprint density at radius 1 is 1.35 bits per heavy atom. The molecular weight excluding hydrogens is 258 g/mol. The second-order valence-corrected chi connectivity index (χ2v) is 5.14. The fourth-order valence-corrected chi connectivity index (χ4v) is 2.27. The molecule has 0 unspecified atom stereocenters. The molecule has 1 fully saturated rings. The van der Waals surface area contributed by atoms with Crippen molar-refractivity contribution in [1.29, 1.82) is 0 Å². The van der Waals surface area contributed by atoms with Crippen LogP contribution in [0.1, 0.15) is 23.3 Å². The predicted octanol–water partition coefficient (Wildman–Crippen LogP) is 1.50. The van der Waals surface area contributed by atoms with E-state index in [1.807, 2.05) is 24.3 Å².